The molecule has 0 aliphatic rings. The van der Waals surface area contributed by atoms with Gasteiger partial charge < -0.3 is 5.32 Å². The Hall–Kier alpha value is -3.75. The number of amides is 1. The third kappa shape index (κ3) is 4.32. The Labute approximate surface area is 186 Å². The molecular formula is C24H22N4O3S. The van der Waals surface area contributed by atoms with Crippen LogP contribution in [0, 0.1) is 13.8 Å². The molecule has 0 bridgehead atoms. The van der Waals surface area contributed by atoms with Crippen LogP contribution in [0.2, 0.25) is 0 Å². The normalized spacial score (nSPS) is 11.3. The first kappa shape index (κ1) is 21.5. The second-order valence-electron chi connectivity index (χ2n) is 7.44. The summed E-state index contributed by atoms with van der Waals surface area (Å²) < 4.78 is 25.4. The third-order valence-electron chi connectivity index (χ3n) is 5.06. The Morgan fingerprint density at radius 2 is 1.59 bits per heavy atom. The number of hydrogen-bond donors (Lipinski definition) is 2. The second-order valence-corrected chi connectivity index (χ2v) is 8.97. The fourth-order valence-corrected chi connectivity index (χ4v) is 4.29. The maximum atomic E-state index is 13.0. The highest BCUT2D eigenvalue weighted by Crippen LogP contribution is 2.28. The summed E-state index contributed by atoms with van der Waals surface area (Å²) in [5.41, 5.74) is 4.73. The van der Waals surface area contributed by atoms with Gasteiger partial charge in [0.1, 0.15) is 5.69 Å². The van der Waals surface area contributed by atoms with Crippen molar-refractivity contribution in [1.82, 2.24) is 9.78 Å². The van der Waals surface area contributed by atoms with Crippen LogP contribution >= 0.6 is 0 Å². The average Bonchev–Trinajstić information content (AvgIpc) is 3.15. The van der Waals surface area contributed by atoms with Crippen LogP contribution in [0.1, 0.15) is 21.7 Å². The molecule has 1 aromatic heterocycles. The molecule has 0 aliphatic carbocycles. The van der Waals surface area contributed by atoms with Crippen LogP contribution < -0.4 is 10.5 Å². The standard InChI is InChI=1S/C24H22N4O3S/c1-16-7-3-5-9-21(16)28-22(15-17(2)27-28)24(29)26-19-13-11-18(12-14-19)20-8-4-6-10-23(20)32(25,30)31/h3-15H,1-2H3,(H,26,29)(H2,25,30,31). The predicted octanol–water partition coefficient (Wildman–Crippen LogP) is 4.06. The van der Waals surface area contributed by atoms with Crippen molar-refractivity contribution in [2.45, 2.75) is 18.7 Å². The number of primary sulfonamides is 1. The van der Waals surface area contributed by atoms with E-state index in [1.54, 1.807) is 53.2 Å². The van der Waals surface area contributed by atoms with E-state index in [1.165, 1.54) is 6.07 Å². The van der Waals surface area contributed by atoms with Crippen LogP contribution in [-0.2, 0) is 10.0 Å². The molecule has 1 heterocycles. The molecule has 0 aliphatic heterocycles. The number of aryl methyl sites for hydroxylation is 2. The first-order chi connectivity index (χ1) is 15.2. The molecule has 0 atom stereocenters. The van der Waals surface area contributed by atoms with E-state index in [-0.39, 0.29) is 10.8 Å². The number of aromatic nitrogens is 2. The lowest BCUT2D eigenvalue weighted by molar-refractivity contribution is 0.101. The molecule has 0 saturated heterocycles. The maximum absolute atomic E-state index is 13.0. The van der Waals surface area contributed by atoms with Gasteiger partial charge >= 0.3 is 0 Å². The molecule has 0 radical (unpaired) electrons. The minimum Gasteiger partial charge on any atom is -0.321 e. The maximum Gasteiger partial charge on any atom is 0.274 e. The first-order valence-corrected chi connectivity index (χ1v) is 11.4. The average molecular weight is 447 g/mol. The Morgan fingerprint density at radius 1 is 0.938 bits per heavy atom. The SMILES string of the molecule is Cc1cc(C(=O)Nc2ccc(-c3ccccc3S(N)(=O)=O)cc2)n(-c2ccccc2C)n1. The van der Waals surface area contributed by atoms with E-state index >= 15 is 0 Å². The van der Waals surface area contributed by atoms with E-state index in [9.17, 15) is 13.2 Å². The molecule has 32 heavy (non-hydrogen) atoms. The van der Waals surface area contributed by atoms with E-state index in [2.05, 4.69) is 10.4 Å². The van der Waals surface area contributed by atoms with Gasteiger partial charge in [0.25, 0.3) is 5.91 Å². The van der Waals surface area contributed by atoms with E-state index in [0.29, 0.717) is 22.5 Å². The monoisotopic (exact) mass is 446 g/mol. The summed E-state index contributed by atoms with van der Waals surface area (Å²) in [4.78, 5) is 13.1. The zero-order valence-corrected chi connectivity index (χ0v) is 18.4. The molecule has 0 fully saturated rings. The number of nitrogens with two attached hydrogens (primary N) is 1. The van der Waals surface area contributed by atoms with Crippen molar-refractivity contribution < 1.29 is 13.2 Å². The predicted molar refractivity (Wildman–Crippen MR) is 124 cm³/mol. The molecule has 3 N–H and O–H groups in total. The van der Waals surface area contributed by atoms with Crippen LogP contribution in [0.25, 0.3) is 16.8 Å². The smallest absolute Gasteiger partial charge is 0.274 e. The van der Waals surface area contributed by atoms with Gasteiger partial charge in [0.15, 0.2) is 0 Å². The zero-order chi connectivity index (χ0) is 22.9. The lowest BCUT2D eigenvalue weighted by Crippen LogP contribution is -2.17. The molecule has 1 amide bonds. The van der Waals surface area contributed by atoms with Crippen molar-refractivity contribution in [3.63, 3.8) is 0 Å². The Kier molecular flexibility index (Phi) is 5.65. The number of hydrogen-bond acceptors (Lipinski definition) is 4. The number of sulfonamides is 1. The molecule has 4 aromatic rings. The van der Waals surface area contributed by atoms with Gasteiger partial charge in [-0.15, -0.1) is 0 Å². The molecule has 7 nitrogen and oxygen atoms in total. The van der Waals surface area contributed by atoms with Crippen molar-refractivity contribution >= 4 is 21.6 Å². The topological polar surface area (TPSA) is 107 Å². The van der Waals surface area contributed by atoms with Crippen molar-refractivity contribution in [2.75, 3.05) is 5.32 Å². The number of carbonyl (C=O) groups is 1. The fourth-order valence-electron chi connectivity index (χ4n) is 3.53. The molecule has 8 heteroatoms. The summed E-state index contributed by atoms with van der Waals surface area (Å²) in [6.07, 6.45) is 0. The number of benzene rings is 3. The van der Waals surface area contributed by atoms with Gasteiger partial charge in [-0.1, -0.05) is 48.5 Å². The highest BCUT2D eigenvalue weighted by atomic mass is 32.2. The lowest BCUT2D eigenvalue weighted by atomic mass is 10.1. The van der Waals surface area contributed by atoms with Crippen LogP contribution in [0.4, 0.5) is 5.69 Å². The van der Waals surface area contributed by atoms with Gasteiger partial charge in [-0.25, -0.2) is 18.2 Å². The van der Waals surface area contributed by atoms with Gasteiger partial charge in [0.2, 0.25) is 10.0 Å². The number of carbonyl (C=O) groups excluding carboxylic acids is 1. The molecule has 3 aromatic carbocycles. The summed E-state index contributed by atoms with van der Waals surface area (Å²) in [5.74, 6) is -0.300. The van der Waals surface area contributed by atoms with Crippen molar-refractivity contribution in [2.24, 2.45) is 5.14 Å². The number of nitrogens with one attached hydrogen (secondary N) is 1. The van der Waals surface area contributed by atoms with Gasteiger partial charge in [-0.3, -0.25) is 4.79 Å². The summed E-state index contributed by atoms with van der Waals surface area (Å²) in [6, 6.07) is 22.9. The summed E-state index contributed by atoms with van der Waals surface area (Å²) in [5, 5.41) is 12.7. The van der Waals surface area contributed by atoms with E-state index < -0.39 is 10.0 Å². The number of nitrogens with zero attached hydrogens (tertiary/aromatic N) is 2. The van der Waals surface area contributed by atoms with E-state index in [1.807, 2.05) is 38.1 Å². The highest BCUT2D eigenvalue weighted by molar-refractivity contribution is 7.89. The molecule has 0 spiro atoms. The molecule has 0 saturated carbocycles. The number of anilines is 1. The third-order valence-corrected chi connectivity index (χ3v) is 6.02. The van der Waals surface area contributed by atoms with Crippen molar-refractivity contribution in [1.29, 1.82) is 0 Å². The quantitative estimate of drug-likeness (QED) is 0.482. The van der Waals surface area contributed by atoms with E-state index in [4.69, 9.17) is 5.14 Å². The largest absolute Gasteiger partial charge is 0.321 e. The van der Waals surface area contributed by atoms with Crippen molar-refractivity contribution in [3.8, 4) is 16.8 Å². The van der Waals surface area contributed by atoms with Crippen LogP contribution in [0.5, 0.6) is 0 Å². The van der Waals surface area contributed by atoms with Crippen LogP contribution in [0.15, 0.2) is 83.8 Å². The molecule has 162 valence electrons. The van der Waals surface area contributed by atoms with Gasteiger partial charge in [-0.2, -0.15) is 5.10 Å². The Morgan fingerprint density at radius 3 is 2.28 bits per heavy atom. The first-order valence-electron chi connectivity index (χ1n) is 9.90. The van der Waals surface area contributed by atoms with Crippen LogP contribution in [-0.4, -0.2) is 24.1 Å². The number of para-hydroxylation sites is 1. The second kappa shape index (κ2) is 8.41. The Bertz CT molecular complexity index is 1410. The zero-order valence-electron chi connectivity index (χ0n) is 17.6. The minimum atomic E-state index is -3.86. The summed E-state index contributed by atoms with van der Waals surface area (Å²) in [7, 11) is -3.86. The van der Waals surface area contributed by atoms with E-state index in [0.717, 1.165) is 16.9 Å². The lowest BCUT2D eigenvalue weighted by Gasteiger charge is -2.11. The summed E-state index contributed by atoms with van der Waals surface area (Å²) in [6.45, 7) is 3.80. The minimum absolute atomic E-state index is 0.0504. The molecule has 0 unspecified atom stereocenters. The molecule has 4 rings (SSSR count). The highest BCUT2D eigenvalue weighted by Gasteiger charge is 2.18. The van der Waals surface area contributed by atoms with Gasteiger partial charge in [0.05, 0.1) is 16.3 Å². The Balaban J connectivity index is 1.61. The number of rotatable bonds is 5. The molecular weight excluding hydrogens is 424 g/mol. The van der Waals surface area contributed by atoms with Crippen LogP contribution in [0.3, 0.4) is 0 Å². The fraction of sp³-hybridized carbons (Fsp3) is 0.0833. The van der Waals surface area contributed by atoms with Gasteiger partial charge in [0, 0.05) is 11.3 Å². The summed E-state index contributed by atoms with van der Waals surface area (Å²) >= 11 is 0. The van der Waals surface area contributed by atoms with Gasteiger partial charge in [-0.05, 0) is 55.3 Å². The van der Waals surface area contributed by atoms with Crippen molar-refractivity contribution in [3.05, 3.63) is 95.8 Å².